The molecule has 0 aromatic heterocycles. The first-order chi connectivity index (χ1) is 12.2. The highest BCUT2D eigenvalue weighted by atomic mass is 32.2. The molecule has 0 radical (unpaired) electrons. The zero-order valence-electron chi connectivity index (χ0n) is 15.5. The molecule has 1 amide bonds. The normalized spacial score (nSPS) is 11.1. The molecule has 2 rings (SSSR count). The Bertz CT molecular complexity index is 844. The Hall–Kier alpha value is -2.54. The van der Waals surface area contributed by atoms with Crippen LogP contribution in [-0.4, -0.2) is 24.2 Å². The van der Waals surface area contributed by atoms with Crippen LogP contribution in [0.1, 0.15) is 36.7 Å². The van der Waals surface area contributed by atoms with E-state index in [1.54, 1.807) is 6.07 Å². The van der Waals surface area contributed by atoms with Crippen LogP contribution in [-0.2, 0) is 5.41 Å². The van der Waals surface area contributed by atoms with Gasteiger partial charge in [0.15, 0.2) is 0 Å². The van der Waals surface area contributed by atoms with E-state index in [0.29, 0.717) is 16.3 Å². The van der Waals surface area contributed by atoms with Gasteiger partial charge in [0.2, 0.25) is 0 Å². The lowest BCUT2D eigenvalue weighted by Crippen LogP contribution is -2.19. The molecule has 2 aromatic carbocycles. The molecule has 138 valence electrons. The molecular weight excluding hydrogens is 352 g/mol. The van der Waals surface area contributed by atoms with E-state index in [4.69, 9.17) is 4.74 Å². The fourth-order valence-corrected chi connectivity index (χ4v) is 3.22. The number of ether oxygens (including phenoxy) is 1. The third-order valence-electron chi connectivity index (χ3n) is 3.93. The van der Waals surface area contributed by atoms with Crippen LogP contribution in [0.15, 0.2) is 41.3 Å². The summed E-state index contributed by atoms with van der Waals surface area (Å²) < 4.78 is 5.19. The fraction of sp³-hybridized carbons (Fsp3) is 0.316. The van der Waals surface area contributed by atoms with Gasteiger partial charge in [-0.1, -0.05) is 39.0 Å². The van der Waals surface area contributed by atoms with Gasteiger partial charge in [0.05, 0.1) is 23.0 Å². The molecule has 0 bridgehead atoms. The van der Waals surface area contributed by atoms with Gasteiger partial charge in [0.25, 0.3) is 11.6 Å². The van der Waals surface area contributed by atoms with Crippen LogP contribution in [0.25, 0.3) is 0 Å². The first-order valence-corrected chi connectivity index (χ1v) is 9.22. The highest BCUT2D eigenvalue weighted by Crippen LogP contribution is 2.35. The van der Waals surface area contributed by atoms with E-state index in [1.165, 1.54) is 31.0 Å². The molecule has 1 N–H and O–H groups in total. The first-order valence-electron chi connectivity index (χ1n) is 8.00. The molecule has 0 fully saturated rings. The van der Waals surface area contributed by atoms with Crippen LogP contribution in [0.3, 0.4) is 0 Å². The van der Waals surface area contributed by atoms with Gasteiger partial charge in [-0.05, 0) is 29.4 Å². The average molecular weight is 374 g/mol. The first kappa shape index (κ1) is 19.8. The number of benzene rings is 2. The minimum atomic E-state index is -0.572. The number of nitrogens with one attached hydrogen (secondary N) is 1. The summed E-state index contributed by atoms with van der Waals surface area (Å²) in [7, 11) is 1.44. The fourth-order valence-electron chi connectivity index (χ4n) is 2.64. The summed E-state index contributed by atoms with van der Waals surface area (Å²) in [6.45, 7) is 6.12. The van der Waals surface area contributed by atoms with Gasteiger partial charge >= 0.3 is 0 Å². The van der Waals surface area contributed by atoms with Crippen molar-refractivity contribution < 1.29 is 14.5 Å². The van der Waals surface area contributed by atoms with Gasteiger partial charge in [0.1, 0.15) is 11.3 Å². The standard InChI is InChI=1S/C19H22N2O4S/c1-19(2,3)13-8-6-7-9-14(13)20-18(22)12-10-17(26-5)16(25-4)11-15(12)21(23)24/h6-11H,1-5H3,(H,20,22). The number of carbonyl (C=O) groups is 1. The monoisotopic (exact) mass is 374 g/mol. The summed E-state index contributed by atoms with van der Waals surface area (Å²) >= 11 is 1.36. The van der Waals surface area contributed by atoms with E-state index in [2.05, 4.69) is 5.32 Å². The number of anilines is 1. The van der Waals surface area contributed by atoms with Gasteiger partial charge in [-0.3, -0.25) is 14.9 Å². The smallest absolute Gasteiger partial charge is 0.285 e. The topological polar surface area (TPSA) is 81.5 Å². The zero-order valence-corrected chi connectivity index (χ0v) is 16.3. The van der Waals surface area contributed by atoms with Crippen molar-refractivity contribution in [1.82, 2.24) is 0 Å². The Morgan fingerprint density at radius 2 is 1.88 bits per heavy atom. The number of carbonyl (C=O) groups excluding carboxylic acids is 1. The van der Waals surface area contributed by atoms with Crippen LogP contribution in [0.2, 0.25) is 0 Å². The molecule has 0 heterocycles. The number of methoxy groups -OCH3 is 1. The lowest BCUT2D eigenvalue weighted by molar-refractivity contribution is -0.385. The van der Waals surface area contributed by atoms with Crippen molar-refractivity contribution in [3.05, 3.63) is 57.6 Å². The van der Waals surface area contributed by atoms with Crippen LogP contribution in [0.4, 0.5) is 11.4 Å². The maximum atomic E-state index is 12.8. The minimum absolute atomic E-state index is 0.00358. The summed E-state index contributed by atoms with van der Waals surface area (Å²) in [6, 6.07) is 10.2. The van der Waals surface area contributed by atoms with Gasteiger partial charge < -0.3 is 10.1 Å². The quantitative estimate of drug-likeness (QED) is 0.458. The number of rotatable bonds is 5. The molecule has 0 saturated carbocycles. The van der Waals surface area contributed by atoms with Crippen LogP contribution < -0.4 is 10.1 Å². The maximum absolute atomic E-state index is 12.8. The Morgan fingerprint density at radius 3 is 2.42 bits per heavy atom. The van der Waals surface area contributed by atoms with Crippen molar-refractivity contribution >= 4 is 29.0 Å². The molecule has 0 unspecified atom stereocenters. The number of nitro benzene ring substituents is 1. The Balaban J connectivity index is 2.50. The second kappa shape index (κ2) is 7.78. The Morgan fingerprint density at radius 1 is 1.23 bits per heavy atom. The van der Waals surface area contributed by atoms with Crippen LogP contribution >= 0.6 is 11.8 Å². The SMILES string of the molecule is COc1cc([N+](=O)[O-])c(C(=O)Nc2ccccc2C(C)(C)C)cc1SC. The summed E-state index contributed by atoms with van der Waals surface area (Å²) in [6.07, 6.45) is 1.82. The van der Waals surface area contributed by atoms with Gasteiger partial charge in [-0.25, -0.2) is 0 Å². The molecule has 2 aromatic rings. The lowest BCUT2D eigenvalue weighted by Gasteiger charge is -2.23. The number of hydrogen-bond acceptors (Lipinski definition) is 5. The molecule has 0 spiro atoms. The summed E-state index contributed by atoms with van der Waals surface area (Å²) in [5.41, 5.74) is 1.13. The largest absolute Gasteiger partial charge is 0.495 e. The highest BCUT2D eigenvalue weighted by molar-refractivity contribution is 7.98. The predicted octanol–water partition coefficient (Wildman–Crippen LogP) is 4.88. The van der Waals surface area contributed by atoms with Gasteiger partial charge in [-0.2, -0.15) is 0 Å². The predicted molar refractivity (Wildman–Crippen MR) is 105 cm³/mol. The van der Waals surface area contributed by atoms with Crippen molar-refractivity contribution in [3.8, 4) is 5.75 Å². The van der Waals surface area contributed by atoms with Crippen molar-refractivity contribution in [2.45, 2.75) is 31.1 Å². The summed E-state index contributed by atoms with van der Waals surface area (Å²) in [4.78, 5) is 24.3. The average Bonchev–Trinajstić information content (AvgIpc) is 2.59. The second-order valence-corrected chi connectivity index (χ2v) is 7.58. The lowest BCUT2D eigenvalue weighted by atomic mass is 9.86. The van der Waals surface area contributed by atoms with E-state index in [-0.39, 0.29) is 16.7 Å². The highest BCUT2D eigenvalue weighted by Gasteiger charge is 2.25. The molecule has 0 saturated heterocycles. The Labute approximate surface area is 157 Å². The van der Waals surface area contributed by atoms with Crippen LogP contribution in [0, 0.1) is 10.1 Å². The van der Waals surface area contributed by atoms with Gasteiger partial charge in [-0.15, -0.1) is 11.8 Å². The van der Waals surface area contributed by atoms with E-state index in [0.717, 1.165) is 5.56 Å². The molecule has 0 aliphatic heterocycles. The number of para-hydroxylation sites is 1. The maximum Gasteiger partial charge on any atom is 0.285 e. The third kappa shape index (κ3) is 4.16. The zero-order chi connectivity index (χ0) is 19.5. The molecule has 26 heavy (non-hydrogen) atoms. The third-order valence-corrected chi connectivity index (χ3v) is 4.69. The number of nitro groups is 1. The molecule has 0 atom stereocenters. The van der Waals surface area contributed by atoms with Gasteiger partial charge in [0, 0.05) is 5.69 Å². The van der Waals surface area contributed by atoms with Crippen LogP contribution in [0.5, 0.6) is 5.75 Å². The number of thioether (sulfide) groups is 1. The second-order valence-electron chi connectivity index (χ2n) is 6.73. The van der Waals surface area contributed by atoms with E-state index in [9.17, 15) is 14.9 Å². The van der Waals surface area contributed by atoms with E-state index in [1.807, 2.05) is 45.2 Å². The molecule has 6 nitrogen and oxygen atoms in total. The Kier molecular flexibility index (Phi) is 5.92. The van der Waals surface area contributed by atoms with Crippen molar-refractivity contribution in [2.75, 3.05) is 18.7 Å². The van der Waals surface area contributed by atoms with Crippen molar-refractivity contribution in [2.24, 2.45) is 0 Å². The van der Waals surface area contributed by atoms with E-state index >= 15 is 0 Å². The molecule has 7 heteroatoms. The molecular formula is C19H22N2O4S. The number of hydrogen-bond donors (Lipinski definition) is 1. The van der Waals surface area contributed by atoms with Crippen molar-refractivity contribution in [3.63, 3.8) is 0 Å². The number of nitrogens with zero attached hydrogens (tertiary/aromatic N) is 1. The molecule has 0 aliphatic carbocycles. The van der Waals surface area contributed by atoms with Crippen molar-refractivity contribution in [1.29, 1.82) is 0 Å². The summed E-state index contributed by atoms with van der Waals surface area (Å²) in [5, 5.41) is 14.3. The summed E-state index contributed by atoms with van der Waals surface area (Å²) in [5.74, 6) is -0.151. The number of amides is 1. The molecule has 0 aliphatic rings. The van der Waals surface area contributed by atoms with E-state index < -0.39 is 10.8 Å². The minimum Gasteiger partial charge on any atom is -0.495 e.